The smallest absolute Gasteiger partial charge is 0.255 e. The molecule has 1 aliphatic rings. The molecule has 0 spiro atoms. The van der Waals surface area contributed by atoms with Crippen LogP contribution in [-0.2, 0) is 9.84 Å². The Morgan fingerprint density at radius 3 is 2.71 bits per heavy atom. The van der Waals surface area contributed by atoms with Crippen LogP contribution in [0.2, 0.25) is 5.02 Å². The lowest BCUT2D eigenvalue weighted by atomic mass is 10.1. The van der Waals surface area contributed by atoms with E-state index in [9.17, 15) is 13.2 Å². The van der Waals surface area contributed by atoms with E-state index in [1.807, 2.05) is 0 Å². The Labute approximate surface area is 130 Å². The molecule has 1 atom stereocenters. The molecule has 0 bridgehead atoms. The van der Waals surface area contributed by atoms with E-state index >= 15 is 0 Å². The second kappa shape index (κ2) is 6.23. The van der Waals surface area contributed by atoms with Gasteiger partial charge in [0.25, 0.3) is 5.91 Å². The maximum Gasteiger partial charge on any atom is 0.255 e. The van der Waals surface area contributed by atoms with Crippen molar-refractivity contribution in [2.24, 2.45) is 0 Å². The highest BCUT2D eigenvalue weighted by molar-refractivity contribution is 7.91. The molecule has 0 radical (unpaired) electrons. The summed E-state index contributed by atoms with van der Waals surface area (Å²) in [6.45, 7) is 0. The van der Waals surface area contributed by atoms with Gasteiger partial charge in [0.05, 0.1) is 17.1 Å². The number of halogens is 1. The van der Waals surface area contributed by atoms with E-state index in [-0.39, 0.29) is 23.5 Å². The Balaban J connectivity index is 2.26. The molecular weight excluding hydrogens is 312 g/mol. The number of sulfone groups is 1. The molecule has 2 rings (SSSR count). The van der Waals surface area contributed by atoms with Crippen LogP contribution in [0.25, 0.3) is 0 Å². The van der Waals surface area contributed by atoms with Crippen molar-refractivity contribution < 1.29 is 13.2 Å². The highest BCUT2D eigenvalue weighted by atomic mass is 35.5. The van der Waals surface area contributed by atoms with E-state index in [4.69, 9.17) is 11.6 Å². The molecule has 1 fully saturated rings. The van der Waals surface area contributed by atoms with Crippen LogP contribution in [0, 0.1) is 0 Å². The second-order valence-corrected chi connectivity index (χ2v) is 8.15. The first-order valence-electron chi connectivity index (χ1n) is 6.77. The monoisotopic (exact) mass is 330 g/mol. The minimum atomic E-state index is -3.00. The minimum Gasteiger partial charge on any atom is -0.381 e. The average molecular weight is 331 g/mol. The van der Waals surface area contributed by atoms with Crippen LogP contribution >= 0.6 is 11.6 Å². The van der Waals surface area contributed by atoms with E-state index in [1.54, 1.807) is 32.3 Å². The molecule has 7 heteroatoms. The fraction of sp³-hybridized carbons (Fsp3) is 0.500. The molecule has 1 aromatic rings. The summed E-state index contributed by atoms with van der Waals surface area (Å²) in [6, 6.07) is 4.79. The topological polar surface area (TPSA) is 66.5 Å². The molecule has 1 heterocycles. The predicted molar refractivity (Wildman–Crippen MR) is 84.8 cm³/mol. The molecule has 1 N–H and O–H groups in total. The normalized spacial score (nSPS) is 20.8. The van der Waals surface area contributed by atoms with Gasteiger partial charge in [-0.2, -0.15) is 0 Å². The van der Waals surface area contributed by atoms with E-state index in [0.29, 0.717) is 22.7 Å². The Kier molecular flexibility index (Phi) is 4.78. The van der Waals surface area contributed by atoms with Gasteiger partial charge < -0.3 is 10.2 Å². The van der Waals surface area contributed by atoms with Crippen LogP contribution < -0.4 is 5.32 Å². The lowest BCUT2D eigenvalue weighted by Crippen LogP contribution is -2.35. The van der Waals surface area contributed by atoms with Crippen LogP contribution in [0.4, 0.5) is 5.69 Å². The van der Waals surface area contributed by atoms with Crippen LogP contribution in [0.15, 0.2) is 18.2 Å². The molecule has 1 saturated heterocycles. The number of benzene rings is 1. The van der Waals surface area contributed by atoms with Gasteiger partial charge in [-0.3, -0.25) is 4.79 Å². The van der Waals surface area contributed by atoms with Crippen molar-refractivity contribution in [3.8, 4) is 0 Å². The Morgan fingerprint density at radius 1 is 1.38 bits per heavy atom. The summed E-state index contributed by atoms with van der Waals surface area (Å²) >= 11 is 5.99. The van der Waals surface area contributed by atoms with Gasteiger partial charge in [0.2, 0.25) is 0 Å². The Bertz CT molecular complexity index is 644. The van der Waals surface area contributed by atoms with Gasteiger partial charge in [0.15, 0.2) is 9.84 Å². The van der Waals surface area contributed by atoms with Gasteiger partial charge in [0.1, 0.15) is 0 Å². The molecule has 21 heavy (non-hydrogen) atoms. The zero-order chi connectivity index (χ0) is 15.6. The molecule has 1 aromatic carbocycles. The lowest BCUT2D eigenvalue weighted by molar-refractivity contribution is 0.0828. The highest BCUT2D eigenvalue weighted by Gasteiger charge is 2.26. The number of amides is 1. The van der Waals surface area contributed by atoms with Crippen molar-refractivity contribution in [3.05, 3.63) is 28.8 Å². The summed E-state index contributed by atoms with van der Waals surface area (Å²) < 4.78 is 23.4. The molecular formula is C14H19ClN2O3S. The van der Waals surface area contributed by atoms with Crippen LogP contribution in [0.1, 0.15) is 23.2 Å². The zero-order valence-electron chi connectivity index (χ0n) is 12.1. The number of rotatable bonds is 3. The summed E-state index contributed by atoms with van der Waals surface area (Å²) in [5.74, 6) is 0.187. The second-order valence-electron chi connectivity index (χ2n) is 5.49. The first kappa shape index (κ1) is 16.1. The molecule has 1 amide bonds. The Hall–Kier alpha value is -1.27. The van der Waals surface area contributed by atoms with Crippen LogP contribution in [0.3, 0.4) is 0 Å². The van der Waals surface area contributed by atoms with Crippen molar-refractivity contribution in [2.75, 3.05) is 30.9 Å². The number of hydrogen-bond donors (Lipinski definition) is 1. The summed E-state index contributed by atoms with van der Waals surface area (Å²) in [5, 5.41) is 3.68. The van der Waals surface area contributed by atoms with Gasteiger partial charge in [-0.15, -0.1) is 0 Å². The highest BCUT2D eigenvalue weighted by Crippen LogP contribution is 2.25. The summed E-state index contributed by atoms with van der Waals surface area (Å²) in [6.07, 6.45) is 1.40. The largest absolute Gasteiger partial charge is 0.381 e. The maximum absolute atomic E-state index is 12.2. The Morgan fingerprint density at radius 2 is 2.10 bits per heavy atom. The number of nitrogens with one attached hydrogen (secondary N) is 1. The average Bonchev–Trinajstić information content (AvgIpc) is 2.37. The third-order valence-electron chi connectivity index (χ3n) is 3.44. The fourth-order valence-corrected chi connectivity index (χ4v) is 4.23. The van der Waals surface area contributed by atoms with Gasteiger partial charge in [-0.1, -0.05) is 11.6 Å². The molecule has 0 aliphatic carbocycles. The summed E-state index contributed by atoms with van der Waals surface area (Å²) in [7, 11) is 0.342. The predicted octanol–water partition coefficient (Wildman–Crippen LogP) is 2.03. The number of nitrogens with zero attached hydrogens (tertiary/aromatic N) is 1. The first-order chi connectivity index (χ1) is 9.78. The molecule has 1 unspecified atom stereocenters. The zero-order valence-corrected chi connectivity index (χ0v) is 13.7. The number of carbonyl (C=O) groups excluding carboxylic acids is 1. The van der Waals surface area contributed by atoms with Crippen LogP contribution in [0.5, 0.6) is 0 Å². The van der Waals surface area contributed by atoms with Crippen molar-refractivity contribution >= 4 is 33.0 Å². The van der Waals surface area contributed by atoms with Crippen molar-refractivity contribution in [1.82, 2.24) is 4.90 Å². The van der Waals surface area contributed by atoms with E-state index in [2.05, 4.69) is 5.32 Å². The van der Waals surface area contributed by atoms with Gasteiger partial charge >= 0.3 is 0 Å². The first-order valence-corrected chi connectivity index (χ1v) is 8.96. The lowest BCUT2D eigenvalue weighted by Gasteiger charge is -2.25. The quantitative estimate of drug-likeness (QED) is 0.921. The van der Waals surface area contributed by atoms with E-state index in [0.717, 1.165) is 6.42 Å². The number of hydrogen-bond acceptors (Lipinski definition) is 4. The third kappa shape index (κ3) is 4.11. The van der Waals surface area contributed by atoms with E-state index < -0.39 is 9.84 Å². The maximum atomic E-state index is 12.2. The summed E-state index contributed by atoms with van der Waals surface area (Å²) in [5.41, 5.74) is 1.08. The van der Waals surface area contributed by atoms with Crippen molar-refractivity contribution in [3.63, 3.8) is 0 Å². The molecule has 0 saturated carbocycles. The number of carbonyl (C=O) groups is 1. The van der Waals surface area contributed by atoms with Crippen LogP contribution in [-0.4, -0.2) is 50.9 Å². The van der Waals surface area contributed by atoms with Gasteiger partial charge in [-0.05, 0) is 31.0 Å². The third-order valence-corrected chi connectivity index (χ3v) is 5.50. The molecule has 116 valence electrons. The summed E-state index contributed by atoms with van der Waals surface area (Å²) in [4.78, 5) is 13.6. The molecule has 1 aliphatic heterocycles. The standard InChI is InChI=1S/C14H19ClN2O3S/c1-17(2)14(18)12-6-5-10(15)8-13(12)16-11-4-3-7-21(19,20)9-11/h5-6,8,11,16H,3-4,7,9H2,1-2H3. The van der Waals surface area contributed by atoms with Gasteiger partial charge in [0, 0.05) is 30.8 Å². The number of anilines is 1. The van der Waals surface area contributed by atoms with Gasteiger partial charge in [-0.25, -0.2) is 8.42 Å². The van der Waals surface area contributed by atoms with E-state index in [1.165, 1.54) is 4.90 Å². The fourth-order valence-electron chi connectivity index (χ4n) is 2.42. The minimum absolute atomic E-state index is 0.0924. The molecule has 5 nitrogen and oxygen atoms in total. The van der Waals surface area contributed by atoms with Crippen molar-refractivity contribution in [1.29, 1.82) is 0 Å². The SMILES string of the molecule is CN(C)C(=O)c1ccc(Cl)cc1NC1CCCS(=O)(=O)C1. The van der Waals surface area contributed by atoms with Crippen molar-refractivity contribution in [2.45, 2.75) is 18.9 Å². The molecule has 0 aromatic heterocycles.